The lowest BCUT2D eigenvalue weighted by Gasteiger charge is -2.19. The van der Waals surface area contributed by atoms with Crippen LogP contribution in [0.25, 0.3) is 0 Å². The van der Waals surface area contributed by atoms with Crippen LogP contribution >= 0.6 is 0 Å². The Morgan fingerprint density at radius 2 is 1.63 bits per heavy atom. The maximum atomic E-state index is 12.6. The fourth-order valence-electron chi connectivity index (χ4n) is 2.78. The molecule has 0 bridgehead atoms. The molecule has 0 radical (unpaired) electrons. The molecule has 1 aliphatic heterocycles. The number of sulfonamides is 1. The van der Waals surface area contributed by atoms with Gasteiger partial charge in [0.1, 0.15) is 13.2 Å². The Bertz CT molecular complexity index is 922. The molecular weight excluding hydrogens is 368 g/mol. The topological polar surface area (TPSA) is 84.9 Å². The van der Waals surface area contributed by atoms with Crippen molar-refractivity contribution in [1.29, 1.82) is 0 Å². The van der Waals surface area contributed by atoms with Crippen LogP contribution in [-0.2, 0) is 10.0 Å². The summed E-state index contributed by atoms with van der Waals surface area (Å²) in [6, 6.07) is 10.9. The van der Waals surface area contributed by atoms with Crippen LogP contribution in [0, 0.1) is 0 Å². The molecule has 0 spiro atoms. The van der Waals surface area contributed by atoms with Gasteiger partial charge in [0.15, 0.2) is 11.5 Å². The van der Waals surface area contributed by atoms with E-state index in [2.05, 4.69) is 4.72 Å². The minimum absolute atomic E-state index is 0.0787. The zero-order valence-electron chi connectivity index (χ0n) is 15.3. The Balaban J connectivity index is 1.77. The van der Waals surface area contributed by atoms with Gasteiger partial charge in [0.05, 0.1) is 4.90 Å². The largest absolute Gasteiger partial charge is 0.486 e. The summed E-state index contributed by atoms with van der Waals surface area (Å²) in [6.07, 6.45) is 0. The van der Waals surface area contributed by atoms with E-state index in [-0.39, 0.29) is 10.8 Å². The van der Waals surface area contributed by atoms with Crippen molar-refractivity contribution >= 4 is 21.6 Å². The number of hydrogen-bond acceptors (Lipinski definition) is 5. The summed E-state index contributed by atoms with van der Waals surface area (Å²) in [6.45, 7) is 5.89. The third-order valence-electron chi connectivity index (χ3n) is 4.26. The molecule has 0 atom stereocenters. The fourth-order valence-corrected chi connectivity index (χ4v) is 3.85. The van der Waals surface area contributed by atoms with Gasteiger partial charge in [0, 0.05) is 30.4 Å². The minimum Gasteiger partial charge on any atom is -0.486 e. The van der Waals surface area contributed by atoms with Crippen LogP contribution in [0.1, 0.15) is 24.2 Å². The van der Waals surface area contributed by atoms with Gasteiger partial charge in [-0.3, -0.25) is 9.52 Å². The lowest BCUT2D eigenvalue weighted by molar-refractivity contribution is 0.0773. The van der Waals surface area contributed by atoms with Crippen molar-refractivity contribution in [2.45, 2.75) is 18.7 Å². The molecule has 2 aromatic rings. The summed E-state index contributed by atoms with van der Waals surface area (Å²) < 4.78 is 38.6. The van der Waals surface area contributed by atoms with Crippen molar-refractivity contribution in [3.05, 3.63) is 48.0 Å². The van der Waals surface area contributed by atoms with Crippen LogP contribution in [0.2, 0.25) is 0 Å². The molecule has 1 heterocycles. The number of anilines is 1. The molecule has 1 amide bonds. The highest BCUT2D eigenvalue weighted by molar-refractivity contribution is 7.92. The van der Waals surface area contributed by atoms with E-state index in [4.69, 9.17) is 9.47 Å². The van der Waals surface area contributed by atoms with E-state index in [9.17, 15) is 13.2 Å². The van der Waals surface area contributed by atoms with Crippen molar-refractivity contribution in [3.8, 4) is 11.5 Å². The summed E-state index contributed by atoms with van der Waals surface area (Å²) in [7, 11) is -3.79. The number of nitrogens with one attached hydrogen (secondary N) is 1. The predicted octanol–water partition coefficient (Wildman–Crippen LogP) is 2.74. The monoisotopic (exact) mass is 390 g/mol. The Labute approximate surface area is 158 Å². The lowest BCUT2D eigenvalue weighted by Crippen LogP contribution is -2.30. The average molecular weight is 390 g/mol. The third-order valence-corrected chi connectivity index (χ3v) is 5.64. The quantitative estimate of drug-likeness (QED) is 0.820. The second-order valence-corrected chi connectivity index (χ2v) is 7.65. The van der Waals surface area contributed by atoms with Crippen molar-refractivity contribution in [1.82, 2.24) is 4.90 Å². The van der Waals surface area contributed by atoms with Gasteiger partial charge in [-0.2, -0.15) is 0 Å². The first-order valence-corrected chi connectivity index (χ1v) is 10.2. The third kappa shape index (κ3) is 4.16. The summed E-state index contributed by atoms with van der Waals surface area (Å²) >= 11 is 0. The summed E-state index contributed by atoms with van der Waals surface area (Å²) in [4.78, 5) is 14.1. The van der Waals surface area contributed by atoms with E-state index < -0.39 is 10.0 Å². The number of fused-ring (bicyclic) bond motifs is 1. The van der Waals surface area contributed by atoms with E-state index in [0.717, 1.165) is 0 Å². The van der Waals surface area contributed by atoms with Gasteiger partial charge >= 0.3 is 0 Å². The van der Waals surface area contributed by atoms with E-state index in [1.807, 2.05) is 13.8 Å². The molecular formula is C19H22N2O5S. The average Bonchev–Trinajstić information content (AvgIpc) is 2.68. The highest BCUT2D eigenvalue weighted by atomic mass is 32.2. The molecule has 0 aliphatic carbocycles. The van der Waals surface area contributed by atoms with Gasteiger partial charge in [-0.05, 0) is 50.2 Å². The predicted molar refractivity (Wildman–Crippen MR) is 102 cm³/mol. The molecule has 0 unspecified atom stereocenters. The standard InChI is InChI=1S/C19H22N2O5S/c1-3-21(4-2)19(22)14-5-7-15(8-6-14)20-27(23,24)16-9-10-17-18(13-16)26-12-11-25-17/h5-10,13,20H,3-4,11-12H2,1-2H3. The molecule has 0 aromatic heterocycles. The number of ether oxygens (including phenoxy) is 2. The van der Waals surface area contributed by atoms with E-state index >= 15 is 0 Å². The first-order valence-electron chi connectivity index (χ1n) is 8.76. The maximum Gasteiger partial charge on any atom is 0.262 e. The van der Waals surface area contributed by atoms with Gasteiger partial charge in [-0.15, -0.1) is 0 Å². The van der Waals surface area contributed by atoms with E-state index in [0.29, 0.717) is 49.1 Å². The zero-order valence-corrected chi connectivity index (χ0v) is 16.1. The smallest absolute Gasteiger partial charge is 0.262 e. The van der Waals surface area contributed by atoms with Gasteiger partial charge in [-0.25, -0.2) is 8.42 Å². The number of nitrogens with zero attached hydrogens (tertiary/aromatic N) is 1. The van der Waals surface area contributed by atoms with Gasteiger partial charge in [0.2, 0.25) is 0 Å². The number of carbonyl (C=O) groups excluding carboxylic acids is 1. The Morgan fingerprint density at radius 1 is 1.00 bits per heavy atom. The molecule has 27 heavy (non-hydrogen) atoms. The van der Waals surface area contributed by atoms with E-state index in [1.165, 1.54) is 12.1 Å². The van der Waals surface area contributed by atoms with Crippen LogP contribution in [-0.4, -0.2) is 45.5 Å². The number of hydrogen-bond donors (Lipinski definition) is 1. The molecule has 8 heteroatoms. The summed E-state index contributed by atoms with van der Waals surface area (Å²) in [5, 5.41) is 0. The molecule has 7 nitrogen and oxygen atoms in total. The summed E-state index contributed by atoms with van der Waals surface area (Å²) in [5.41, 5.74) is 0.891. The fraction of sp³-hybridized carbons (Fsp3) is 0.316. The van der Waals surface area contributed by atoms with Crippen molar-refractivity contribution < 1.29 is 22.7 Å². The second-order valence-electron chi connectivity index (χ2n) is 5.97. The first-order chi connectivity index (χ1) is 12.9. The highest BCUT2D eigenvalue weighted by Crippen LogP contribution is 2.32. The van der Waals surface area contributed by atoms with Crippen LogP contribution in [0.4, 0.5) is 5.69 Å². The number of amides is 1. The number of benzene rings is 2. The van der Waals surface area contributed by atoms with Crippen LogP contribution in [0.5, 0.6) is 11.5 Å². The van der Waals surface area contributed by atoms with Crippen molar-refractivity contribution in [3.63, 3.8) is 0 Å². The van der Waals surface area contributed by atoms with Crippen LogP contribution in [0.15, 0.2) is 47.4 Å². The Kier molecular flexibility index (Phi) is 5.55. The zero-order chi connectivity index (χ0) is 19.4. The van der Waals surface area contributed by atoms with Gasteiger partial charge < -0.3 is 14.4 Å². The molecule has 0 saturated carbocycles. The molecule has 144 valence electrons. The lowest BCUT2D eigenvalue weighted by atomic mass is 10.2. The maximum absolute atomic E-state index is 12.6. The van der Waals surface area contributed by atoms with Crippen molar-refractivity contribution in [2.75, 3.05) is 31.0 Å². The minimum atomic E-state index is -3.79. The van der Waals surface area contributed by atoms with Crippen LogP contribution < -0.4 is 14.2 Å². The number of rotatable bonds is 6. The Morgan fingerprint density at radius 3 is 2.26 bits per heavy atom. The molecule has 2 aromatic carbocycles. The van der Waals surface area contributed by atoms with Crippen molar-refractivity contribution in [2.24, 2.45) is 0 Å². The van der Waals surface area contributed by atoms with Gasteiger partial charge in [-0.1, -0.05) is 0 Å². The highest BCUT2D eigenvalue weighted by Gasteiger charge is 2.20. The van der Waals surface area contributed by atoms with Crippen LogP contribution in [0.3, 0.4) is 0 Å². The van der Waals surface area contributed by atoms with Gasteiger partial charge in [0.25, 0.3) is 15.9 Å². The molecule has 0 fully saturated rings. The normalized spacial score (nSPS) is 13.1. The molecule has 1 aliphatic rings. The molecule has 1 N–H and O–H groups in total. The summed E-state index contributed by atoms with van der Waals surface area (Å²) in [5.74, 6) is 0.852. The Hall–Kier alpha value is -2.74. The number of carbonyl (C=O) groups is 1. The first kappa shape index (κ1) is 19.0. The van der Waals surface area contributed by atoms with E-state index in [1.54, 1.807) is 35.2 Å². The SMILES string of the molecule is CCN(CC)C(=O)c1ccc(NS(=O)(=O)c2ccc3c(c2)OCCO3)cc1. The second kappa shape index (κ2) is 7.87. The molecule has 3 rings (SSSR count). The molecule has 0 saturated heterocycles.